The van der Waals surface area contributed by atoms with Crippen molar-refractivity contribution in [1.82, 2.24) is 0 Å². The van der Waals surface area contributed by atoms with Crippen LogP contribution in [0.15, 0.2) is 182 Å². The van der Waals surface area contributed by atoms with Crippen molar-refractivity contribution in [2.45, 2.75) is 435 Å². The van der Waals surface area contributed by atoms with Crippen LogP contribution in [0.4, 0.5) is 0 Å². The van der Waals surface area contributed by atoms with E-state index in [1.807, 2.05) is 110 Å². The highest BCUT2D eigenvalue weighted by Gasteiger charge is 2.62. The molecule has 0 aliphatic heterocycles. The first-order chi connectivity index (χ1) is 65.3. The van der Waals surface area contributed by atoms with E-state index in [4.69, 9.17) is 37.9 Å². The molecule has 140 heavy (non-hydrogen) atoms. The SMILES string of the molecule is C=C(C)C(=O)C(C)(C)C12CC3CC(CC(C3)C1)C2.C=C(C)C(=O)OC(C)(C)C.C=C(C)C(=O)OC(C)(C)c1ccc2ccccc2c1.C=C(C)C(=O)OC(C)(C)c1ccccc1.C=C(C)C(=O)OC1(C)C2CC3CC(C2)CC1C3.C=C(C)C(=O)OC1(CC)C2CC3CC(C2)CC1C3.C=C(C)C(=O)OC1(CC)CCCC1.C=C(C)C(=O)OC1(CC)CCCCC1.C=C(C)C(=O)OC1(CC)CCCCCCC1. The van der Waals surface area contributed by atoms with Gasteiger partial charge in [0.05, 0.1) is 0 Å². The summed E-state index contributed by atoms with van der Waals surface area (Å²) in [6.45, 7) is 76.2. The lowest BCUT2D eigenvalue weighted by molar-refractivity contribution is -0.207. The fourth-order valence-corrected chi connectivity index (χ4v) is 25.0. The fourth-order valence-electron chi connectivity index (χ4n) is 25.0. The molecular weight excluding hydrogens is 1750 g/mol. The number of hydrogen-bond donors (Lipinski definition) is 0. The summed E-state index contributed by atoms with van der Waals surface area (Å²) in [4.78, 5) is 105. The normalized spacial score (nSPS) is 26.6. The van der Waals surface area contributed by atoms with E-state index in [2.05, 4.69) is 126 Å². The Hall–Kier alpha value is -8.99. The van der Waals surface area contributed by atoms with Crippen LogP contribution < -0.4 is 0 Å². The van der Waals surface area contributed by atoms with Gasteiger partial charge in [-0.2, -0.15) is 0 Å². The van der Waals surface area contributed by atoms with Gasteiger partial charge in [-0.3, -0.25) is 4.79 Å². The number of carbonyl (C=O) groups excluding carboxylic acids is 9. The van der Waals surface area contributed by atoms with Crippen molar-refractivity contribution >= 4 is 64.3 Å². The highest BCUT2D eigenvalue weighted by molar-refractivity contribution is 5.99. The monoisotopic (exact) mass is 1930 g/mol. The van der Waals surface area contributed by atoms with Crippen LogP contribution in [0.5, 0.6) is 0 Å². The third kappa shape index (κ3) is 32.3. The van der Waals surface area contributed by atoms with Gasteiger partial charge in [-0.1, -0.05) is 193 Å². The van der Waals surface area contributed by atoms with Gasteiger partial charge in [0.2, 0.25) is 0 Å². The quantitative estimate of drug-likeness (QED) is 0.0461. The Balaban J connectivity index is 0.000000215. The van der Waals surface area contributed by atoms with Crippen LogP contribution in [0, 0.1) is 75.9 Å². The van der Waals surface area contributed by atoms with Crippen LogP contribution in [0.2, 0.25) is 0 Å². The Morgan fingerprint density at radius 3 is 0.907 bits per heavy atom. The second kappa shape index (κ2) is 51.0. The molecule has 15 aliphatic carbocycles. The highest BCUT2D eigenvalue weighted by atomic mass is 16.6. The molecule has 3 aromatic carbocycles. The van der Waals surface area contributed by atoms with Crippen molar-refractivity contribution in [3.63, 3.8) is 0 Å². The summed E-state index contributed by atoms with van der Waals surface area (Å²) in [7, 11) is 0. The van der Waals surface area contributed by atoms with Gasteiger partial charge >= 0.3 is 47.8 Å². The number of benzene rings is 3. The smallest absolute Gasteiger partial charge is 0.333 e. The van der Waals surface area contributed by atoms with Crippen LogP contribution in [0.3, 0.4) is 0 Å². The number of hydrogen-bond acceptors (Lipinski definition) is 17. The standard InChI is InChI=1S/C17H18O2.C17H26O.C16H24O2.C15H22O2.C14H24O2.C13H16O2.C12H20O2.C11H18O2.C8H14O2/c1-12(2)16(18)19-17(3,4)15-10-9-13-7-5-6-8-14(13)11-15;1-11(2)15(18)16(3,4)17-8-12-5-13(9-17)7-14(6-12)10-17;1-4-16(18-15(17)10(2)3)13-6-11-5-12(8-13)9-14(16)7-11;1-9(2)14(16)17-15(3)12-5-10-4-11(7-12)8-13(15)6-10;1-4-14(16-13(15)12(2)3)10-8-6-5-7-9-11-14;1-10(2)12(14)15-13(3,4)11-8-6-5-7-9-11;1-4-12(8-6-5-7-9-12)14-11(13)10(2)3;1-4-11(7-5-6-8-11)13-10(12)9(2)3;1-6(2)7(9)10-8(3,4)5/h5-11H,1H2,2-4H3;12-14H,1,5-10H2,2-4H3;11-14H,2,4-9H2,1,3H3;10-13H,1,4-8H2,2-3H3;2,4-11H2,1,3H3;5-9H,1H2,2-4H3;2,4-9H2,1,3H3;2,4-8H2,1,3H3;1H2,2-5H3. The van der Waals surface area contributed by atoms with Gasteiger partial charge in [-0.05, 0) is 427 Å². The molecule has 3 aromatic rings. The van der Waals surface area contributed by atoms with Crippen LogP contribution in [0.1, 0.15) is 402 Å². The van der Waals surface area contributed by atoms with Crippen molar-refractivity contribution < 1.29 is 81.0 Å². The second-order valence-electron chi connectivity index (χ2n) is 47.1. The predicted octanol–water partition coefficient (Wildman–Crippen LogP) is 30.6. The summed E-state index contributed by atoms with van der Waals surface area (Å²) >= 11 is 0. The number of carbonyl (C=O) groups is 9. The lowest BCUT2D eigenvalue weighted by Crippen LogP contribution is -2.59. The molecule has 0 spiro atoms. The summed E-state index contributed by atoms with van der Waals surface area (Å²) in [6.07, 6.45) is 43.3. The topological polar surface area (TPSA) is 227 Å². The van der Waals surface area contributed by atoms with Crippen molar-refractivity contribution in [2.75, 3.05) is 0 Å². The first kappa shape index (κ1) is 118. The molecule has 12 bridgehead atoms. The lowest BCUT2D eigenvalue weighted by Gasteiger charge is -2.62. The Labute approximate surface area is 844 Å². The molecule has 17 nitrogen and oxygen atoms in total. The van der Waals surface area contributed by atoms with Gasteiger partial charge in [0.1, 0.15) is 44.8 Å². The Kier molecular flexibility index (Phi) is 43.0. The third-order valence-electron chi connectivity index (χ3n) is 32.9. The number of ether oxygens (including phenoxy) is 8. The summed E-state index contributed by atoms with van der Waals surface area (Å²) in [6, 6.07) is 23.9. The van der Waals surface area contributed by atoms with Gasteiger partial charge < -0.3 is 37.9 Å². The molecular formula is C123H182O17. The lowest BCUT2D eigenvalue weighted by atomic mass is 9.42. The maximum Gasteiger partial charge on any atom is 0.333 e. The molecule has 15 aliphatic rings. The van der Waals surface area contributed by atoms with Gasteiger partial charge in [0.15, 0.2) is 5.78 Å². The molecule has 15 fully saturated rings. The predicted molar refractivity (Wildman–Crippen MR) is 566 cm³/mol. The second-order valence-corrected chi connectivity index (χ2v) is 47.1. The molecule has 0 atom stereocenters. The summed E-state index contributed by atoms with van der Waals surface area (Å²) in [5.41, 5.74) is 4.00. The number of fused-ring (bicyclic) bond motifs is 1. The van der Waals surface area contributed by atoms with Crippen LogP contribution in [0.25, 0.3) is 10.8 Å². The fraction of sp³-hybridized carbons (Fsp3) is 0.650. The summed E-state index contributed by atoms with van der Waals surface area (Å²) in [5.74, 6) is 7.02. The van der Waals surface area contributed by atoms with E-state index >= 15 is 0 Å². The van der Waals surface area contributed by atoms with Gasteiger partial charge in [-0.25, -0.2) is 38.4 Å². The van der Waals surface area contributed by atoms with E-state index in [9.17, 15) is 43.2 Å². The maximum absolute atomic E-state index is 12.6. The van der Waals surface area contributed by atoms with E-state index < -0.39 is 16.8 Å². The zero-order valence-electron chi connectivity index (χ0n) is 91.0. The van der Waals surface area contributed by atoms with Crippen LogP contribution in [-0.2, 0) is 92.2 Å². The molecule has 776 valence electrons. The molecule has 15 saturated carbocycles. The molecule has 0 unspecified atom stereocenters. The first-order valence-electron chi connectivity index (χ1n) is 53.2. The largest absolute Gasteiger partial charge is 0.457 e. The average Bonchev–Trinajstić information content (AvgIpc) is 0.772. The number of esters is 8. The molecule has 0 N–H and O–H groups in total. The van der Waals surface area contributed by atoms with Crippen molar-refractivity contribution in [3.05, 3.63) is 193 Å². The Bertz CT molecular complexity index is 4770. The number of rotatable bonds is 24. The average molecular weight is 1930 g/mol. The minimum Gasteiger partial charge on any atom is -0.457 e. The minimum absolute atomic E-state index is 0.163. The van der Waals surface area contributed by atoms with Gasteiger partial charge in [-0.15, -0.1) is 0 Å². The van der Waals surface area contributed by atoms with Gasteiger partial charge in [0.25, 0.3) is 0 Å². The Morgan fingerprint density at radius 2 is 0.586 bits per heavy atom. The van der Waals surface area contributed by atoms with Crippen molar-refractivity contribution in [1.29, 1.82) is 0 Å². The maximum atomic E-state index is 12.6. The number of allylic oxidation sites excluding steroid dienone is 1. The summed E-state index contributed by atoms with van der Waals surface area (Å²) < 4.78 is 44.3. The minimum atomic E-state index is -0.667. The van der Waals surface area contributed by atoms with E-state index in [1.54, 1.807) is 55.4 Å². The zero-order valence-corrected chi connectivity index (χ0v) is 91.0. The van der Waals surface area contributed by atoms with Crippen LogP contribution in [-0.4, -0.2) is 87.1 Å². The Morgan fingerprint density at radius 1 is 0.300 bits per heavy atom. The number of ketones is 1. The molecule has 0 saturated heterocycles. The molecule has 0 aromatic heterocycles. The van der Waals surface area contributed by atoms with E-state index in [0.717, 1.165) is 128 Å². The van der Waals surface area contributed by atoms with Crippen molar-refractivity contribution in [2.24, 2.45) is 75.9 Å². The number of Topliss-reactive ketones (excluding diaryl/α,β-unsaturated/α-hetero) is 1. The molecule has 0 heterocycles. The summed E-state index contributed by atoms with van der Waals surface area (Å²) in [5, 5.41) is 2.31. The van der Waals surface area contributed by atoms with E-state index in [0.29, 0.717) is 74.0 Å². The molecule has 0 radical (unpaired) electrons. The molecule has 17 heteroatoms. The van der Waals surface area contributed by atoms with E-state index in [-0.39, 0.29) is 86.6 Å². The highest BCUT2D eigenvalue weighted by Crippen LogP contribution is 2.67. The molecule has 18 rings (SSSR count). The first-order valence-corrected chi connectivity index (χ1v) is 53.2. The van der Waals surface area contributed by atoms with Gasteiger partial charge in [0, 0.05) is 50.0 Å². The van der Waals surface area contributed by atoms with E-state index in [1.165, 1.54) is 172 Å². The van der Waals surface area contributed by atoms with Crippen molar-refractivity contribution in [3.8, 4) is 0 Å². The zero-order chi connectivity index (χ0) is 105. The molecule has 0 amide bonds. The van der Waals surface area contributed by atoms with Crippen LogP contribution >= 0.6 is 0 Å². The third-order valence-corrected chi connectivity index (χ3v) is 32.9.